The van der Waals surface area contributed by atoms with Crippen LogP contribution in [0.1, 0.15) is 206 Å². The molecule has 45 heavy (non-hydrogen) atoms. The predicted octanol–water partition coefficient (Wildman–Crippen LogP) is 12.9. The zero-order chi connectivity index (χ0) is 32.8. The lowest BCUT2D eigenvalue weighted by Crippen LogP contribution is -2.05. The van der Waals surface area contributed by atoms with E-state index >= 15 is 0 Å². The zero-order valence-corrected chi connectivity index (χ0v) is 31.3. The molecule has 0 spiro atoms. The van der Waals surface area contributed by atoms with Gasteiger partial charge in [-0.2, -0.15) is 0 Å². The fraction of sp³-hybridized carbons (Fsp3) is 1.00. The maximum atomic E-state index is 12.0. The first kappa shape index (κ1) is 45.0. The van der Waals surface area contributed by atoms with E-state index in [1.54, 1.807) is 0 Å². The van der Waals surface area contributed by atoms with Gasteiger partial charge in [-0.15, -0.1) is 0 Å². The summed E-state index contributed by atoms with van der Waals surface area (Å²) < 4.78 is 33.4. The maximum absolute atomic E-state index is 12.0. The standard InChI is InChI=1S/C38H79O6P/c1-3-5-7-9-11-13-15-17-19-21-23-25-27-29-33-41-35-31-37-43-45(39,40)44-38-32-36-42-34-30-28-26-24-22-20-18-16-14-12-10-8-6-4-2/h3-38H2,1-2H3,(H,39,40). The van der Waals surface area contributed by atoms with Crippen molar-refractivity contribution >= 4 is 7.82 Å². The normalized spacial score (nSPS) is 12.0. The molecule has 0 aliphatic heterocycles. The summed E-state index contributed by atoms with van der Waals surface area (Å²) in [4.78, 5) is 9.83. The van der Waals surface area contributed by atoms with Crippen LogP contribution in [0.2, 0.25) is 0 Å². The molecule has 0 unspecified atom stereocenters. The third kappa shape index (κ3) is 40.1. The fourth-order valence-corrected chi connectivity index (χ4v) is 6.51. The number of phosphoric ester groups is 1. The number of hydrogen-bond acceptors (Lipinski definition) is 5. The summed E-state index contributed by atoms with van der Waals surface area (Å²) in [5.74, 6) is 0. The summed E-state index contributed by atoms with van der Waals surface area (Å²) in [5, 5.41) is 0. The van der Waals surface area contributed by atoms with Crippen molar-refractivity contribution in [1.29, 1.82) is 0 Å². The number of hydrogen-bond donors (Lipinski definition) is 1. The molecular formula is C38H79O6P. The molecule has 0 aromatic heterocycles. The number of phosphoric acid groups is 1. The van der Waals surface area contributed by atoms with Gasteiger partial charge in [0.15, 0.2) is 0 Å². The lowest BCUT2D eigenvalue weighted by molar-refractivity contribution is 0.0900. The smallest absolute Gasteiger partial charge is 0.381 e. The molecule has 0 radical (unpaired) electrons. The Morgan fingerprint density at radius 3 is 0.822 bits per heavy atom. The highest BCUT2D eigenvalue weighted by Crippen LogP contribution is 2.43. The minimum absolute atomic E-state index is 0.169. The van der Waals surface area contributed by atoms with Gasteiger partial charge in [-0.25, -0.2) is 4.57 Å². The van der Waals surface area contributed by atoms with E-state index < -0.39 is 7.82 Å². The summed E-state index contributed by atoms with van der Waals surface area (Å²) in [5.41, 5.74) is 0. The molecule has 0 aliphatic rings. The molecule has 6 nitrogen and oxygen atoms in total. The summed E-state index contributed by atoms with van der Waals surface area (Å²) >= 11 is 0. The van der Waals surface area contributed by atoms with Crippen LogP contribution < -0.4 is 0 Å². The molecule has 0 atom stereocenters. The lowest BCUT2D eigenvalue weighted by atomic mass is 10.0. The highest BCUT2D eigenvalue weighted by molar-refractivity contribution is 7.47. The van der Waals surface area contributed by atoms with Crippen molar-refractivity contribution in [2.24, 2.45) is 0 Å². The van der Waals surface area contributed by atoms with E-state index in [-0.39, 0.29) is 13.2 Å². The van der Waals surface area contributed by atoms with Crippen molar-refractivity contribution in [3.63, 3.8) is 0 Å². The Labute approximate surface area is 281 Å². The van der Waals surface area contributed by atoms with Crippen LogP contribution in [0, 0.1) is 0 Å². The van der Waals surface area contributed by atoms with Gasteiger partial charge < -0.3 is 14.4 Å². The summed E-state index contributed by atoms with van der Waals surface area (Å²) in [6.45, 7) is 7.50. The molecule has 0 amide bonds. The highest BCUT2D eigenvalue weighted by atomic mass is 31.2. The van der Waals surface area contributed by atoms with Gasteiger partial charge in [0.25, 0.3) is 0 Å². The van der Waals surface area contributed by atoms with Crippen molar-refractivity contribution in [2.45, 2.75) is 206 Å². The first-order valence-electron chi connectivity index (χ1n) is 19.9. The molecular weight excluding hydrogens is 583 g/mol. The van der Waals surface area contributed by atoms with Gasteiger partial charge in [-0.3, -0.25) is 9.05 Å². The Balaban J connectivity index is 3.25. The Hall–Kier alpha value is 0.0300. The van der Waals surface area contributed by atoms with Crippen LogP contribution >= 0.6 is 7.82 Å². The fourth-order valence-electron chi connectivity index (χ4n) is 5.72. The topological polar surface area (TPSA) is 74.2 Å². The molecule has 0 bridgehead atoms. The summed E-state index contributed by atoms with van der Waals surface area (Å²) in [6.07, 6.45) is 39.0. The van der Waals surface area contributed by atoms with Gasteiger partial charge in [0, 0.05) is 26.4 Å². The molecule has 0 rings (SSSR count). The quantitative estimate of drug-likeness (QED) is 0.0520. The van der Waals surface area contributed by atoms with E-state index in [0.29, 0.717) is 26.1 Å². The van der Waals surface area contributed by atoms with Crippen molar-refractivity contribution < 1.29 is 28.0 Å². The molecule has 1 N–H and O–H groups in total. The molecule has 0 heterocycles. The van der Waals surface area contributed by atoms with Crippen LogP contribution in [-0.2, 0) is 23.1 Å². The van der Waals surface area contributed by atoms with E-state index in [1.807, 2.05) is 0 Å². The van der Waals surface area contributed by atoms with Crippen LogP contribution in [0.15, 0.2) is 0 Å². The summed E-state index contributed by atoms with van der Waals surface area (Å²) in [6, 6.07) is 0. The molecule has 0 saturated heterocycles. The van der Waals surface area contributed by atoms with E-state index in [4.69, 9.17) is 18.5 Å². The second-order valence-corrected chi connectivity index (χ2v) is 14.7. The second kappa shape index (κ2) is 38.5. The minimum Gasteiger partial charge on any atom is -0.381 e. The van der Waals surface area contributed by atoms with Gasteiger partial charge in [-0.1, -0.05) is 181 Å². The molecule has 0 aliphatic carbocycles. The molecule has 0 fully saturated rings. The van der Waals surface area contributed by atoms with Gasteiger partial charge in [0.1, 0.15) is 0 Å². The molecule has 7 heteroatoms. The SMILES string of the molecule is CCCCCCCCCCCCCCCCOCCCOP(=O)(O)OCCCOCCCCCCCCCCCCCCCC. The van der Waals surface area contributed by atoms with Crippen molar-refractivity contribution in [1.82, 2.24) is 0 Å². The van der Waals surface area contributed by atoms with Crippen molar-refractivity contribution in [3.8, 4) is 0 Å². The zero-order valence-electron chi connectivity index (χ0n) is 30.4. The average molecular weight is 663 g/mol. The van der Waals surface area contributed by atoms with Crippen LogP contribution in [-0.4, -0.2) is 44.5 Å². The molecule has 0 aromatic rings. The van der Waals surface area contributed by atoms with Gasteiger partial charge in [0.05, 0.1) is 13.2 Å². The number of rotatable bonds is 40. The van der Waals surface area contributed by atoms with Crippen molar-refractivity contribution in [2.75, 3.05) is 39.6 Å². The maximum Gasteiger partial charge on any atom is 0.472 e. The first-order chi connectivity index (χ1) is 22.1. The highest BCUT2D eigenvalue weighted by Gasteiger charge is 2.20. The number of unbranched alkanes of at least 4 members (excludes halogenated alkanes) is 26. The molecule has 0 aromatic carbocycles. The number of ether oxygens (including phenoxy) is 2. The monoisotopic (exact) mass is 663 g/mol. The second-order valence-electron chi connectivity index (χ2n) is 13.3. The van der Waals surface area contributed by atoms with Gasteiger partial charge in [-0.05, 0) is 25.7 Å². The van der Waals surface area contributed by atoms with Gasteiger partial charge >= 0.3 is 7.82 Å². The lowest BCUT2D eigenvalue weighted by Gasteiger charge is -2.12. The first-order valence-corrected chi connectivity index (χ1v) is 21.4. The van der Waals surface area contributed by atoms with E-state index in [9.17, 15) is 9.46 Å². The van der Waals surface area contributed by atoms with E-state index in [0.717, 1.165) is 26.1 Å². The Morgan fingerprint density at radius 2 is 0.556 bits per heavy atom. The van der Waals surface area contributed by atoms with Crippen molar-refractivity contribution in [3.05, 3.63) is 0 Å². The largest absolute Gasteiger partial charge is 0.472 e. The van der Waals surface area contributed by atoms with Crippen LogP contribution in [0.25, 0.3) is 0 Å². The predicted molar refractivity (Wildman–Crippen MR) is 193 cm³/mol. The van der Waals surface area contributed by atoms with Gasteiger partial charge in [0.2, 0.25) is 0 Å². The molecule has 0 saturated carbocycles. The Bertz CT molecular complexity index is 545. The summed E-state index contributed by atoms with van der Waals surface area (Å²) in [7, 11) is -3.99. The third-order valence-corrected chi connectivity index (χ3v) is 9.68. The van der Waals surface area contributed by atoms with Crippen LogP contribution in [0.3, 0.4) is 0 Å². The average Bonchev–Trinajstić information content (AvgIpc) is 3.03. The Kier molecular flexibility index (Phi) is 38.5. The molecule has 272 valence electrons. The third-order valence-electron chi connectivity index (χ3n) is 8.66. The Morgan fingerprint density at radius 1 is 0.333 bits per heavy atom. The van der Waals surface area contributed by atoms with Crippen LogP contribution in [0.4, 0.5) is 0 Å². The minimum atomic E-state index is -3.99. The van der Waals surface area contributed by atoms with E-state index in [1.165, 1.54) is 167 Å². The van der Waals surface area contributed by atoms with Crippen LogP contribution in [0.5, 0.6) is 0 Å². The van der Waals surface area contributed by atoms with E-state index in [2.05, 4.69) is 13.8 Å².